The number of halogens is 1. The van der Waals surface area contributed by atoms with Gasteiger partial charge in [0, 0.05) is 12.4 Å². The predicted octanol–water partition coefficient (Wildman–Crippen LogP) is 1.82. The second-order valence-corrected chi connectivity index (χ2v) is 4.38. The molecule has 2 N–H and O–H groups in total. The molecule has 0 atom stereocenters. The molecular weight excluding hydrogens is 303 g/mol. The molecule has 15 heavy (non-hydrogen) atoms. The molecule has 0 saturated carbocycles. The van der Waals surface area contributed by atoms with Crippen LogP contribution < -0.4 is 5.73 Å². The fraction of sp³-hybridized carbons (Fsp3) is 0.200. The number of anilines is 1. The Labute approximate surface area is 102 Å². The Balaban J connectivity index is 2.29. The molecule has 0 amide bonds. The first-order valence-corrected chi connectivity index (χ1v) is 5.63. The SMILES string of the molecule is Cc1nn(Cc2cccnc2)c(N)c1I. The Bertz CT molecular complexity index is 464. The van der Waals surface area contributed by atoms with Crippen LogP contribution in [0.2, 0.25) is 0 Å². The number of aromatic nitrogens is 3. The summed E-state index contributed by atoms with van der Waals surface area (Å²) in [7, 11) is 0. The van der Waals surface area contributed by atoms with Crippen molar-refractivity contribution in [2.75, 3.05) is 5.73 Å². The summed E-state index contributed by atoms with van der Waals surface area (Å²) in [6, 6.07) is 3.92. The lowest BCUT2D eigenvalue weighted by Gasteiger charge is -2.03. The van der Waals surface area contributed by atoms with E-state index in [1.165, 1.54) is 0 Å². The maximum Gasteiger partial charge on any atom is 0.135 e. The third-order valence-corrected chi connectivity index (χ3v) is 3.48. The summed E-state index contributed by atoms with van der Waals surface area (Å²) in [5.41, 5.74) is 7.99. The molecule has 2 rings (SSSR count). The Hall–Kier alpha value is -1.11. The van der Waals surface area contributed by atoms with Crippen LogP contribution in [-0.4, -0.2) is 14.8 Å². The van der Waals surface area contributed by atoms with Crippen LogP contribution in [0.4, 0.5) is 5.82 Å². The average molecular weight is 314 g/mol. The first kappa shape index (κ1) is 10.4. The van der Waals surface area contributed by atoms with Crippen molar-refractivity contribution in [1.29, 1.82) is 0 Å². The molecule has 78 valence electrons. The van der Waals surface area contributed by atoms with E-state index in [9.17, 15) is 0 Å². The van der Waals surface area contributed by atoms with Crippen molar-refractivity contribution in [3.8, 4) is 0 Å². The van der Waals surface area contributed by atoms with Gasteiger partial charge in [-0.15, -0.1) is 0 Å². The van der Waals surface area contributed by atoms with Crippen LogP contribution in [0.25, 0.3) is 0 Å². The number of hydrogen-bond acceptors (Lipinski definition) is 3. The molecule has 0 aliphatic carbocycles. The number of hydrogen-bond donors (Lipinski definition) is 1. The molecule has 0 spiro atoms. The van der Waals surface area contributed by atoms with Crippen molar-refractivity contribution in [3.05, 3.63) is 39.4 Å². The number of pyridine rings is 1. The molecular formula is C10H11IN4. The number of nitrogens with two attached hydrogens (primary N) is 1. The van der Waals surface area contributed by atoms with Gasteiger partial charge < -0.3 is 5.73 Å². The van der Waals surface area contributed by atoms with Crippen molar-refractivity contribution in [2.24, 2.45) is 0 Å². The standard InChI is InChI=1S/C10H11IN4/c1-7-9(11)10(12)15(14-7)6-8-3-2-4-13-5-8/h2-5H,6,12H2,1H3. The van der Waals surface area contributed by atoms with E-state index < -0.39 is 0 Å². The fourth-order valence-corrected chi connectivity index (χ4v) is 1.75. The highest BCUT2D eigenvalue weighted by Gasteiger charge is 2.09. The van der Waals surface area contributed by atoms with Gasteiger partial charge in [-0.05, 0) is 41.1 Å². The number of nitrogens with zero attached hydrogens (tertiary/aromatic N) is 3. The molecule has 2 aromatic heterocycles. The zero-order valence-corrected chi connectivity index (χ0v) is 10.5. The van der Waals surface area contributed by atoms with E-state index in [2.05, 4.69) is 32.7 Å². The molecule has 0 fully saturated rings. The highest BCUT2D eigenvalue weighted by Crippen LogP contribution is 2.19. The lowest BCUT2D eigenvalue weighted by atomic mass is 10.3. The highest BCUT2D eigenvalue weighted by atomic mass is 127. The topological polar surface area (TPSA) is 56.7 Å². The Morgan fingerprint density at radius 1 is 1.53 bits per heavy atom. The lowest BCUT2D eigenvalue weighted by Crippen LogP contribution is -2.06. The number of aryl methyl sites for hydroxylation is 1. The van der Waals surface area contributed by atoms with E-state index >= 15 is 0 Å². The predicted molar refractivity (Wildman–Crippen MR) is 67.4 cm³/mol. The van der Waals surface area contributed by atoms with Gasteiger partial charge >= 0.3 is 0 Å². The average Bonchev–Trinajstić information content (AvgIpc) is 2.48. The summed E-state index contributed by atoms with van der Waals surface area (Å²) >= 11 is 2.21. The quantitative estimate of drug-likeness (QED) is 0.860. The third-order valence-electron chi connectivity index (χ3n) is 2.15. The van der Waals surface area contributed by atoms with Gasteiger partial charge in [-0.25, -0.2) is 4.68 Å². The van der Waals surface area contributed by atoms with E-state index in [0.717, 1.165) is 20.6 Å². The minimum atomic E-state index is 0.670. The molecule has 4 nitrogen and oxygen atoms in total. The van der Waals surface area contributed by atoms with Gasteiger partial charge in [0.15, 0.2) is 0 Å². The van der Waals surface area contributed by atoms with Gasteiger partial charge in [0.25, 0.3) is 0 Å². The van der Waals surface area contributed by atoms with E-state index in [4.69, 9.17) is 5.73 Å². The summed E-state index contributed by atoms with van der Waals surface area (Å²) < 4.78 is 2.82. The molecule has 5 heteroatoms. The summed E-state index contributed by atoms with van der Waals surface area (Å²) in [5.74, 6) is 0.719. The van der Waals surface area contributed by atoms with Crippen LogP contribution in [0, 0.1) is 10.5 Å². The monoisotopic (exact) mass is 314 g/mol. The molecule has 0 radical (unpaired) electrons. The second kappa shape index (κ2) is 4.18. The molecule has 0 bridgehead atoms. The van der Waals surface area contributed by atoms with E-state index in [1.54, 1.807) is 10.9 Å². The zero-order chi connectivity index (χ0) is 10.8. The molecule has 0 aliphatic rings. The number of nitrogen functional groups attached to an aromatic ring is 1. The second-order valence-electron chi connectivity index (χ2n) is 3.30. The van der Waals surface area contributed by atoms with Gasteiger partial charge in [-0.1, -0.05) is 6.07 Å². The first-order chi connectivity index (χ1) is 7.18. The van der Waals surface area contributed by atoms with Crippen molar-refractivity contribution in [3.63, 3.8) is 0 Å². The molecule has 0 unspecified atom stereocenters. The minimum absolute atomic E-state index is 0.670. The third kappa shape index (κ3) is 2.11. The van der Waals surface area contributed by atoms with Crippen molar-refractivity contribution >= 4 is 28.4 Å². The molecule has 2 heterocycles. The van der Waals surface area contributed by atoms with Crippen LogP contribution in [0.15, 0.2) is 24.5 Å². The van der Waals surface area contributed by atoms with Crippen molar-refractivity contribution in [2.45, 2.75) is 13.5 Å². The van der Waals surface area contributed by atoms with Crippen LogP contribution in [0.1, 0.15) is 11.3 Å². The van der Waals surface area contributed by atoms with E-state index in [1.807, 2.05) is 25.3 Å². The Morgan fingerprint density at radius 3 is 2.87 bits per heavy atom. The molecule has 2 aromatic rings. The van der Waals surface area contributed by atoms with Gasteiger partial charge in [-0.3, -0.25) is 4.98 Å². The van der Waals surface area contributed by atoms with Gasteiger partial charge in [-0.2, -0.15) is 5.10 Å². The minimum Gasteiger partial charge on any atom is -0.383 e. The molecule has 0 saturated heterocycles. The summed E-state index contributed by atoms with van der Waals surface area (Å²) in [4.78, 5) is 4.06. The van der Waals surface area contributed by atoms with Gasteiger partial charge in [0.2, 0.25) is 0 Å². The van der Waals surface area contributed by atoms with Crippen molar-refractivity contribution < 1.29 is 0 Å². The smallest absolute Gasteiger partial charge is 0.135 e. The highest BCUT2D eigenvalue weighted by molar-refractivity contribution is 14.1. The normalized spacial score (nSPS) is 10.5. The van der Waals surface area contributed by atoms with Crippen molar-refractivity contribution in [1.82, 2.24) is 14.8 Å². The van der Waals surface area contributed by atoms with E-state index in [0.29, 0.717) is 6.54 Å². The van der Waals surface area contributed by atoms with E-state index in [-0.39, 0.29) is 0 Å². The first-order valence-electron chi connectivity index (χ1n) is 4.56. The van der Waals surface area contributed by atoms with Crippen LogP contribution in [0.5, 0.6) is 0 Å². The Kier molecular flexibility index (Phi) is 2.90. The zero-order valence-electron chi connectivity index (χ0n) is 8.31. The summed E-state index contributed by atoms with van der Waals surface area (Å²) in [6.45, 7) is 2.63. The molecule has 0 aliphatic heterocycles. The molecule has 0 aromatic carbocycles. The fourth-order valence-electron chi connectivity index (χ4n) is 1.36. The Morgan fingerprint density at radius 2 is 2.33 bits per heavy atom. The van der Waals surface area contributed by atoms with Gasteiger partial charge in [0.1, 0.15) is 5.82 Å². The summed E-state index contributed by atoms with van der Waals surface area (Å²) in [5, 5.41) is 4.36. The summed E-state index contributed by atoms with van der Waals surface area (Å²) in [6.07, 6.45) is 3.58. The number of rotatable bonds is 2. The van der Waals surface area contributed by atoms with Gasteiger partial charge in [0.05, 0.1) is 15.8 Å². The van der Waals surface area contributed by atoms with Crippen LogP contribution >= 0.6 is 22.6 Å². The van der Waals surface area contributed by atoms with Crippen LogP contribution in [0.3, 0.4) is 0 Å². The van der Waals surface area contributed by atoms with Crippen LogP contribution in [-0.2, 0) is 6.54 Å². The largest absolute Gasteiger partial charge is 0.383 e. The maximum atomic E-state index is 5.92. The maximum absolute atomic E-state index is 5.92. The lowest BCUT2D eigenvalue weighted by molar-refractivity contribution is 0.687.